The van der Waals surface area contributed by atoms with E-state index in [4.69, 9.17) is 5.11 Å². The summed E-state index contributed by atoms with van der Waals surface area (Å²) in [6.45, 7) is 5.32. The summed E-state index contributed by atoms with van der Waals surface area (Å²) >= 11 is 0. The standard InChI is InChI=1S/C19H31N3O6/c1-13-11-15(25)22(18(13)28)10-6-4-5-8-20-14(24)7-9-21-17(27)16(26)19(2,3)12-23/h7,9,13,16,23,26H,4-6,8,10-12H2,1-3H3,(H,20,24)(H,21,27)/b9-7+/t13?,16-/m0/s1. The molecule has 1 unspecified atom stereocenters. The molecule has 0 radical (unpaired) electrons. The van der Waals surface area contributed by atoms with E-state index in [9.17, 15) is 24.3 Å². The molecule has 4 amide bonds. The number of amides is 4. The summed E-state index contributed by atoms with van der Waals surface area (Å²) in [7, 11) is 0. The Labute approximate surface area is 165 Å². The number of unbranched alkanes of at least 4 members (excludes halogenated alkanes) is 2. The third kappa shape index (κ3) is 7.05. The molecule has 1 fully saturated rings. The van der Waals surface area contributed by atoms with Gasteiger partial charge < -0.3 is 20.8 Å². The number of nitrogens with one attached hydrogen (secondary N) is 2. The first-order valence-corrected chi connectivity index (χ1v) is 9.48. The zero-order chi connectivity index (χ0) is 21.3. The number of aliphatic hydroxyl groups is 2. The zero-order valence-electron chi connectivity index (χ0n) is 16.7. The van der Waals surface area contributed by atoms with Gasteiger partial charge in [-0.2, -0.15) is 0 Å². The molecule has 158 valence electrons. The Hall–Kier alpha value is -2.26. The van der Waals surface area contributed by atoms with Gasteiger partial charge in [-0.3, -0.25) is 24.1 Å². The van der Waals surface area contributed by atoms with Crippen molar-refractivity contribution in [3.8, 4) is 0 Å². The van der Waals surface area contributed by atoms with E-state index in [1.165, 1.54) is 4.90 Å². The van der Waals surface area contributed by atoms with E-state index in [1.54, 1.807) is 20.8 Å². The second-order valence-corrected chi connectivity index (χ2v) is 7.73. The van der Waals surface area contributed by atoms with Crippen LogP contribution >= 0.6 is 0 Å². The average molecular weight is 397 g/mol. The van der Waals surface area contributed by atoms with Crippen molar-refractivity contribution >= 4 is 23.6 Å². The van der Waals surface area contributed by atoms with Gasteiger partial charge in [0.25, 0.3) is 5.91 Å². The highest BCUT2D eigenvalue weighted by molar-refractivity contribution is 6.03. The number of carbonyl (C=O) groups is 4. The van der Waals surface area contributed by atoms with Gasteiger partial charge in [-0.1, -0.05) is 20.8 Å². The molecular weight excluding hydrogens is 366 g/mol. The van der Waals surface area contributed by atoms with Gasteiger partial charge in [0.15, 0.2) is 0 Å². The molecule has 0 bridgehead atoms. The fourth-order valence-electron chi connectivity index (χ4n) is 2.65. The van der Waals surface area contributed by atoms with Crippen LogP contribution in [0.4, 0.5) is 0 Å². The SMILES string of the molecule is CC1CC(=O)N(CCCCCNC(=O)/C=C/NC(=O)[C@H](O)C(C)(C)CO)C1=O. The largest absolute Gasteiger partial charge is 0.396 e. The molecule has 28 heavy (non-hydrogen) atoms. The maximum atomic E-state index is 11.8. The fraction of sp³-hybridized carbons (Fsp3) is 0.684. The van der Waals surface area contributed by atoms with Gasteiger partial charge in [0, 0.05) is 43.1 Å². The van der Waals surface area contributed by atoms with Crippen molar-refractivity contribution in [3.05, 3.63) is 12.3 Å². The van der Waals surface area contributed by atoms with Gasteiger partial charge in [-0.05, 0) is 19.3 Å². The molecule has 0 aromatic rings. The molecule has 1 aliphatic heterocycles. The summed E-state index contributed by atoms with van der Waals surface area (Å²) in [6, 6.07) is 0. The maximum Gasteiger partial charge on any atom is 0.253 e. The number of imide groups is 1. The molecule has 0 aliphatic carbocycles. The Morgan fingerprint density at radius 3 is 2.54 bits per heavy atom. The van der Waals surface area contributed by atoms with Gasteiger partial charge >= 0.3 is 0 Å². The molecule has 2 atom stereocenters. The van der Waals surface area contributed by atoms with E-state index in [0.717, 1.165) is 18.7 Å². The lowest BCUT2D eigenvalue weighted by Gasteiger charge is -2.26. The summed E-state index contributed by atoms with van der Waals surface area (Å²) in [5.41, 5.74) is -0.984. The van der Waals surface area contributed by atoms with Gasteiger partial charge in [-0.25, -0.2) is 0 Å². The van der Waals surface area contributed by atoms with Crippen molar-refractivity contribution in [2.75, 3.05) is 19.7 Å². The minimum absolute atomic E-state index is 0.113. The smallest absolute Gasteiger partial charge is 0.253 e. The highest BCUT2D eigenvalue weighted by Crippen LogP contribution is 2.20. The van der Waals surface area contributed by atoms with Crippen LogP contribution in [0.15, 0.2) is 12.3 Å². The van der Waals surface area contributed by atoms with E-state index >= 15 is 0 Å². The fourth-order valence-corrected chi connectivity index (χ4v) is 2.65. The number of hydrogen-bond donors (Lipinski definition) is 4. The van der Waals surface area contributed by atoms with Crippen LogP contribution in [-0.4, -0.2) is 64.5 Å². The number of aliphatic hydroxyl groups excluding tert-OH is 2. The summed E-state index contributed by atoms with van der Waals surface area (Å²) < 4.78 is 0. The molecule has 4 N–H and O–H groups in total. The molecule has 0 aromatic carbocycles. The Morgan fingerprint density at radius 2 is 1.96 bits per heavy atom. The summed E-state index contributed by atoms with van der Waals surface area (Å²) in [5.74, 6) is -1.56. The van der Waals surface area contributed by atoms with Crippen molar-refractivity contribution in [1.82, 2.24) is 15.5 Å². The van der Waals surface area contributed by atoms with Gasteiger partial charge in [0.2, 0.25) is 17.7 Å². The lowest BCUT2D eigenvalue weighted by Crippen LogP contribution is -2.44. The van der Waals surface area contributed by atoms with Crippen molar-refractivity contribution in [1.29, 1.82) is 0 Å². The molecule has 1 heterocycles. The number of carbonyl (C=O) groups excluding carboxylic acids is 4. The van der Waals surface area contributed by atoms with Crippen LogP contribution < -0.4 is 10.6 Å². The number of nitrogens with zero attached hydrogens (tertiary/aromatic N) is 1. The molecule has 0 aromatic heterocycles. The van der Waals surface area contributed by atoms with Gasteiger partial charge in [0.05, 0.1) is 6.61 Å². The third-order valence-electron chi connectivity index (χ3n) is 4.68. The summed E-state index contributed by atoms with van der Waals surface area (Å²) in [6.07, 6.45) is 3.30. The van der Waals surface area contributed by atoms with E-state index in [1.807, 2.05) is 0 Å². The van der Waals surface area contributed by atoms with E-state index < -0.39 is 23.3 Å². The summed E-state index contributed by atoms with van der Waals surface area (Å²) in [5, 5.41) is 23.9. The first kappa shape index (κ1) is 23.8. The molecular formula is C19H31N3O6. The minimum Gasteiger partial charge on any atom is -0.396 e. The first-order valence-electron chi connectivity index (χ1n) is 9.48. The topological polar surface area (TPSA) is 136 Å². The Bertz CT molecular complexity index is 617. The second-order valence-electron chi connectivity index (χ2n) is 7.73. The third-order valence-corrected chi connectivity index (χ3v) is 4.68. The van der Waals surface area contributed by atoms with E-state index in [0.29, 0.717) is 25.9 Å². The number of likely N-dealkylation sites (tertiary alicyclic amines) is 1. The van der Waals surface area contributed by atoms with Gasteiger partial charge in [0.1, 0.15) is 6.10 Å². The predicted molar refractivity (Wildman–Crippen MR) is 102 cm³/mol. The highest BCUT2D eigenvalue weighted by Gasteiger charge is 2.34. The maximum absolute atomic E-state index is 11.8. The van der Waals surface area contributed by atoms with Crippen LogP contribution in [0.2, 0.25) is 0 Å². The van der Waals surface area contributed by atoms with Gasteiger partial charge in [-0.15, -0.1) is 0 Å². The molecule has 9 nitrogen and oxygen atoms in total. The lowest BCUT2D eigenvalue weighted by atomic mass is 9.87. The Balaban J connectivity index is 2.17. The Kier molecular flexibility index (Phi) is 9.27. The van der Waals surface area contributed by atoms with Crippen LogP contribution in [0.1, 0.15) is 46.5 Å². The normalized spacial score (nSPS) is 18.6. The van der Waals surface area contributed by atoms with Crippen LogP contribution in [0.25, 0.3) is 0 Å². The second kappa shape index (κ2) is 10.9. The Morgan fingerprint density at radius 1 is 1.29 bits per heavy atom. The summed E-state index contributed by atoms with van der Waals surface area (Å²) in [4.78, 5) is 48.1. The first-order chi connectivity index (χ1) is 13.1. The van der Waals surface area contributed by atoms with E-state index in [-0.39, 0.29) is 30.8 Å². The highest BCUT2D eigenvalue weighted by atomic mass is 16.3. The molecule has 1 rings (SSSR count). The molecule has 9 heteroatoms. The number of rotatable bonds is 11. The van der Waals surface area contributed by atoms with Crippen molar-refractivity contribution in [2.45, 2.75) is 52.6 Å². The van der Waals surface area contributed by atoms with Crippen molar-refractivity contribution < 1.29 is 29.4 Å². The molecule has 0 spiro atoms. The number of hydrogen-bond acceptors (Lipinski definition) is 6. The minimum atomic E-state index is -1.40. The van der Waals surface area contributed by atoms with Crippen LogP contribution in [-0.2, 0) is 19.2 Å². The molecule has 1 aliphatic rings. The van der Waals surface area contributed by atoms with Crippen molar-refractivity contribution in [3.63, 3.8) is 0 Å². The van der Waals surface area contributed by atoms with Crippen LogP contribution in [0, 0.1) is 11.3 Å². The van der Waals surface area contributed by atoms with Crippen LogP contribution in [0.3, 0.4) is 0 Å². The monoisotopic (exact) mass is 397 g/mol. The van der Waals surface area contributed by atoms with E-state index in [2.05, 4.69) is 10.6 Å². The quantitative estimate of drug-likeness (QED) is 0.214. The van der Waals surface area contributed by atoms with Crippen molar-refractivity contribution in [2.24, 2.45) is 11.3 Å². The average Bonchev–Trinajstić information content (AvgIpc) is 2.89. The molecule has 1 saturated heterocycles. The lowest BCUT2D eigenvalue weighted by molar-refractivity contribution is -0.139. The molecule has 0 saturated carbocycles. The van der Waals surface area contributed by atoms with Crippen LogP contribution in [0.5, 0.6) is 0 Å². The predicted octanol–water partition coefficient (Wildman–Crippen LogP) is -0.323. The zero-order valence-corrected chi connectivity index (χ0v) is 16.7.